The summed E-state index contributed by atoms with van der Waals surface area (Å²) in [6.07, 6.45) is 0. The summed E-state index contributed by atoms with van der Waals surface area (Å²) in [6.45, 7) is 6.89. The Hall–Kier alpha value is -3.99. The Kier molecular flexibility index (Phi) is 6.79. The van der Waals surface area contributed by atoms with Crippen molar-refractivity contribution >= 4 is 17.4 Å². The van der Waals surface area contributed by atoms with Crippen LogP contribution in [0.5, 0.6) is 0 Å². The molecule has 0 bridgehead atoms. The minimum atomic E-state index is -0.100. The summed E-state index contributed by atoms with van der Waals surface area (Å²) < 4.78 is 0. The van der Waals surface area contributed by atoms with Gasteiger partial charge in [0.05, 0.1) is 5.69 Å². The number of aromatic nitrogens is 2. The average Bonchev–Trinajstić information content (AvgIpc) is 2.84. The van der Waals surface area contributed by atoms with Gasteiger partial charge in [0.15, 0.2) is 5.82 Å². The van der Waals surface area contributed by atoms with Crippen molar-refractivity contribution in [1.82, 2.24) is 15.5 Å². The first-order chi connectivity index (χ1) is 16.0. The maximum atomic E-state index is 12.5. The number of rotatable bonds is 7. The van der Waals surface area contributed by atoms with Crippen molar-refractivity contribution in [2.75, 3.05) is 5.32 Å². The van der Waals surface area contributed by atoms with Crippen LogP contribution in [0.2, 0.25) is 0 Å². The molecule has 33 heavy (non-hydrogen) atoms. The van der Waals surface area contributed by atoms with E-state index in [1.165, 1.54) is 11.1 Å². The number of nitrogens with zero attached hydrogens (tertiary/aromatic N) is 2. The summed E-state index contributed by atoms with van der Waals surface area (Å²) in [4.78, 5) is 12.5. The lowest BCUT2D eigenvalue weighted by molar-refractivity contribution is 0.0951. The normalized spacial score (nSPS) is 10.8. The summed E-state index contributed by atoms with van der Waals surface area (Å²) in [5, 5.41) is 14.8. The molecule has 2 N–H and O–H groups in total. The SMILES string of the molecule is Cc1cccc(-c2ccc(Nc3ccc(C(=O)NCc4ccc(C(C)C)cc4)cc3)nn2)c1. The van der Waals surface area contributed by atoms with E-state index in [0.29, 0.717) is 23.8 Å². The first-order valence-corrected chi connectivity index (χ1v) is 11.1. The topological polar surface area (TPSA) is 66.9 Å². The van der Waals surface area contributed by atoms with E-state index in [9.17, 15) is 4.79 Å². The fourth-order valence-corrected chi connectivity index (χ4v) is 3.51. The maximum absolute atomic E-state index is 12.5. The zero-order valence-electron chi connectivity index (χ0n) is 19.2. The Morgan fingerprint density at radius 3 is 2.27 bits per heavy atom. The Bertz CT molecular complexity index is 1210. The molecular weight excluding hydrogens is 408 g/mol. The molecule has 3 aromatic carbocycles. The van der Waals surface area contributed by atoms with Crippen molar-refractivity contribution in [1.29, 1.82) is 0 Å². The lowest BCUT2D eigenvalue weighted by Gasteiger charge is -2.09. The molecule has 0 atom stereocenters. The Balaban J connectivity index is 1.33. The van der Waals surface area contributed by atoms with Crippen LogP contribution in [0.1, 0.15) is 46.8 Å². The van der Waals surface area contributed by atoms with Crippen molar-refractivity contribution in [2.45, 2.75) is 33.2 Å². The van der Waals surface area contributed by atoms with Gasteiger partial charge in [-0.15, -0.1) is 10.2 Å². The molecule has 166 valence electrons. The summed E-state index contributed by atoms with van der Waals surface area (Å²) in [7, 11) is 0. The lowest BCUT2D eigenvalue weighted by atomic mass is 10.0. The number of carbonyl (C=O) groups excluding carboxylic acids is 1. The number of amides is 1. The summed E-state index contributed by atoms with van der Waals surface area (Å²) >= 11 is 0. The Labute approximate surface area is 194 Å². The molecule has 4 rings (SSSR count). The van der Waals surface area contributed by atoms with Crippen LogP contribution < -0.4 is 10.6 Å². The number of benzene rings is 3. The van der Waals surface area contributed by atoms with Crippen LogP contribution in [0.4, 0.5) is 11.5 Å². The van der Waals surface area contributed by atoms with Gasteiger partial charge in [-0.1, -0.05) is 61.9 Å². The first-order valence-electron chi connectivity index (χ1n) is 11.1. The third kappa shape index (κ3) is 5.83. The molecule has 0 saturated heterocycles. The van der Waals surface area contributed by atoms with Gasteiger partial charge >= 0.3 is 0 Å². The smallest absolute Gasteiger partial charge is 0.251 e. The van der Waals surface area contributed by atoms with Gasteiger partial charge in [-0.3, -0.25) is 4.79 Å². The van der Waals surface area contributed by atoms with E-state index in [4.69, 9.17) is 0 Å². The van der Waals surface area contributed by atoms with Gasteiger partial charge in [0.25, 0.3) is 5.91 Å². The van der Waals surface area contributed by atoms with E-state index in [1.54, 1.807) is 12.1 Å². The van der Waals surface area contributed by atoms with Crippen LogP contribution in [-0.4, -0.2) is 16.1 Å². The first kappa shape index (κ1) is 22.2. The fraction of sp³-hybridized carbons (Fsp3) is 0.179. The summed E-state index contributed by atoms with van der Waals surface area (Å²) in [5.74, 6) is 1.04. The number of hydrogen-bond acceptors (Lipinski definition) is 4. The molecule has 4 aromatic rings. The molecule has 0 aliphatic heterocycles. The van der Waals surface area contributed by atoms with E-state index >= 15 is 0 Å². The van der Waals surface area contributed by atoms with Gasteiger partial charge in [0.2, 0.25) is 0 Å². The van der Waals surface area contributed by atoms with Gasteiger partial charge in [-0.25, -0.2) is 0 Å². The minimum Gasteiger partial charge on any atom is -0.348 e. The second kappa shape index (κ2) is 10.1. The monoisotopic (exact) mass is 436 g/mol. The van der Waals surface area contributed by atoms with Crippen molar-refractivity contribution in [3.63, 3.8) is 0 Å². The molecule has 0 spiro atoms. The third-order valence-corrected chi connectivity index (χ3v) is 5.50. The van der Waals surface area contributed by atoms with Crippen LogP contribution in [0.3, 0.4) is 0 Å². The second-order valence-corrected chi connectivity index (χ2v) is 8.45. The largest absolute Gasteiger partial charge is 0.348 e. The van der Waals surface area contributed by atoms with E-state index in [0.717, 1.165) is 22.5 Å². The Morgan fingerprint density at radius 1 is 0.879 bits per heavy atom. The molecule has 0 saturated carbocycles. The van der Waals surface area contributed by atoms with Crippen molar-refractivity contribution < 1.29 is 4.79 Å². The number of hydrogen-bond donors (Lipinski definition) is 2. The standard InChI is InChI=1S/C28H28N4O/c1-19(2)22-9-7-21(8-10-22)18-29-28(33)23-11-13-25(14-12-23)30-27-16-15-26(31-32-27)24-6-4-5-20(3)17-24/h4-17,19H,18H2,1-3H3,(H,29,33)(H,30,32). The summed E-state index contributed by atoms with van der Waals surface area (Å²) in [5.41, 5.74) is 6.88. The van der Waals surface area contributed by atoms with Crippen LogP contribution in [0.25, 0.3) is 11.3 Å². The molecule has 1 heterocycles. The summed E-state index contributed by atoms with van der Waals surface area (Å²) in [6, 6.07) is 27.7. The highest BCUT2D eigenvalue weighted by Crippen LogP contribution is 2.20. The second-order valence-electron chi connectivity index (χ2n) is 8.45. The molecule has 1 aromatic heterocycles. The molecule has 5 nitrogen and oxygen atoms in total. The maximum Gasteiger partial charge on any atom is 0.251 e. The fourth-order valence-electron chi connectivity index (χ4n) is 3.51. The van der Waals surface area contributed by atoms with Crippen molar-refractivity contribution in [3.05, 3.63) is 107 Å². The van der Waals surface area contributed by atoms with Gasteiger partial charge < -0.3 is 10.6 Å². The number of nitrogens with one attached hydrogen (secondary N) is 2. The van der Waals surface area contributed by atoms with Crippen molar-refractivity contribution in [3.8, 4) is 11.3 Å². The molecule has 1 amide bonds. The van der Waals surface area contributed by atoms with Crippen LogP contribution in [0.15, 0.2) is 84.9 Å². The van der Waals surface area contributed by atoms with E-state index in [1.807, 2.05) is 36.4 Å². The number of carbonyl (C=O) groups is 1. The van der Waals surface area contributed by atoms with Gasteiger partial charge in [0, 0.05) is 23.4 Å². The zero-order chi connectivity index (χ0) is 23.2. The van der Waals surface area contributed by atoms with Gasteiger partial charge in [-0.2, -0.15) is 0 Å². The van der Waals surface area contributed by atoms with Crippen molar-refractivity contribution in [2.24, 2.45) is 0 Å². The van der Waals surface area contributed by atoms with E-state index < -0.39 is 0 Å². The molecule has 0 fully saturated rings. The molecular formula is C28H28N4O. The van der Waals surface area contributed by atoms with Crippen LogP contribution in [-0.2, 0) is 6.54 Å². The van der Waals surface area contributed by atoms with Gasteiger partial charge in [0.1, 0.15) is 0 Å². The van der Waals surface area contributed by atoms with Crippen LogP contribution >= 0.6 is 0 Å². The van der Waals surface area contributed by atoms with E-state index in [2.05, 4.69) is 78.0 Å². The Morgan fingerprint density at radius 2 is 1.64 bits per heavy atom. The van der Waals surface area contributed by atoms with E-state index in [-0.39, 0.29) is 5.91 Å². The predicted octanol–water partition coefficient (Wildman–Crippen LogP) is 6.25. The molecule has 0 aliphatic rings. The highest BCUT2D eigenvalue weighted by atomic mass is 16.1. The molecule has 5 heteroatoms. The number of anilines is 2. The predicted molar refractivity (Wildman–Crippen MR) is 134 cm³/mol. The highest BCUT2D eigenvalue weighted by Gasteiger charge is 2.07. The lowest BCUT2D eigenvalue weighted by Crippen LogP contribution is -2.22. The molecule has 0 aliphatic carbocycles. The molecule has 0 unspecified atom stereocenters. The third-order valence-electron chi connectivity index (χ3n) is 5.50. The van der Waals surface area contributed by atoms with Gasteiger partial charge in [-0.05, 0) is 66.4 Å². The molecule has 0 radical (unpaired) electrons. The highest BCUT2D eigenvalue weighted by molar-refractivity contribution is 5.94. The van der Waals surface area contributed by atoms with Crippen LogP contribution in [0, 0.1) is 6.92 Å². The quantitative estimate of drug-likeness (QED) is 0.359. The number of aryl methyl sites for hydroxylation is 1. The zero-order valence-corrected chi connectivity index (χ0v) is 19.2. The average molecular weight is 437 g/mol. The minimum absolute atomic E-state index is 0.100.